The molecule has 0 bridgehead atoms. The van der Waals surface area contributed by atoms with Gasteiger partial charge in [-0.2, -0.15) is 0 Å². The van der Waals surface area contributed by atoms with Crippen LogP contribution in [0, 0.1) is 5.92 Å². The molecule has 1 aliphatic rings. The van der Waals surface area contributed by atoms with Gasteiger partial charge in [-0.3, -0.25) is 9.59 Å². The number of nitrogens with one attached hydrogen (secondary N) is 1. The zero-order valence-corrected chi connectivity index (χ0v) is 12.6. The van der Waals surface area contributed by atoms with Crippen LogP contribution in [0.1, 0.15) is 22.0 Å². The standard InChI is InChI=1S/C18H18N2O2/c1-20(2)18(22)15-16(12-8-4-3-5-9-12)19-14-11-7-6-10-13(14)17(15)21/h3-11,15-16,19H,1-2H3/t15-,16-/m0/s1. The molecule has 112 valence electrons. The molecular weight excluding hydrogens is 276 g/mol. The van der Waals surface area contributed by atoms with Gasteiger partial charge in [-0.15, -0.1) is 0 Å². The second kappa shape index (κ2) is 5.64. The van der Waals surface area contributed by atoms with Crippen LogP contribution in [0.15, 0.2) is 54.6 Å². The van der Waals surface area contributed by atoms with E-state index in [9.17, 15) is 9.59 Å². The maximum absolute atomic E-state index is 12.9. The van der Waals surface area contributed by atoms with Gasteiger partial charge >= 0.3 is 0 Å². The fourth-order valence-electron chi connectivity index (χ4n) is 2.86. The molecule has 0 saturated carbocycles. The number of para-hydroxylation sites is 1. The summed E-state index contributed by atoms with van der Waals surface area (Å²) in [6, 6.07) is 16.6. The molecule has 2 aromatic rings. The van der Waals surface area contributed by atoms with E-state index >= 15 is 0 Å². The number of carbonyl (C=O) groups excluding carboxylic acids is 2. The van der Waals surface area contributed by atoms with Crippen molar-refractivity contribution >= 4 is 17.4 Å². The van der Waals surface area contributed by atoms with Gasteiger partial charge in [-0.25, -0.2) is 0 Å². The summed E-state index contributed by atoms with van der Waals surface area (Å²) in [5, 5.41) is 3.36. The summed E-state index contributed by atoms with van der Waals surface area (Å²) < 4.78 is 0. The van der Waals surface area contributed by atoms with E-state index in [1.165, 1.54) is 4.90 Å². The monoisotopic (exact) mass is 294 g/mol. The lowest BCUT2D eigenvalue weighted by atomic mass is 9.81. The van der Waals surface area contributed by atoms with Crippen molar-refractivity contribution in [2.45, 2.75) is 6.04 Å². The molecule has 1 N–H and O–H groups in total. The van der Waals surface area contributed by atoms with Crippen LogP contribution in [0.5, 0.6) is 0 Å². The summed E-state index contributed by atoms with van der Waals surface area (Å²) in [5.41, 5.74) is 2.30. The molecule has 1 heterocycles. The molecule has 2 atom stereocenters. The molecule has 0 aliphatic carbocycles. The van der Waals surface area contributed by atoms with Crippen LogP contribution in [0.3, 0.4) is 0 Å². The zero-order valence-electron chi connectivity index (χ0n) is 12.6. The van der Waals surface area contributed by atoms with Crippen LogP contribution in [0.2, 0.25) is 0 Å². The van der Waals surface area contributed by atoms with Gasteiger partial charge in [0.05, 0.1) is 6.04 Å². The third-order valence-corrected chi connectivity index (χ3v) is 3.98. The quantitative estimate of drug-likeness (QED) is 0.866. The highest BCUT2D eigenvalue weighted by Crippen LogP contribution is 2.37. The lowest BCUT2D eigenvalue weighted by molar-refractivity contribution is -0.131. The molecule has 2 aromatic carbocycles. The third kappa shape index (κ3) is 2.37. The molecule has 1 aliphatic heterocycles. The van der Waals surface area contributed by atoms with Crippen molar-refractivity contribution < 1.29 is 9.59 Å². The van der Waals surface area contributed by atoms with E-state index in [-0.39, 0.29) is 17.7 Å². The van der Waals surface area contributed by atoms with Crippen molar-refractivity contribution in [1.82, 2.24) is 4.90 Å². The normalized spacial score (nSPS) is 20.0. The first-order valence-electron chi connectivity index (χ1n) is 7.25. The van der Waals surface area contributed by atoms with E-state index in [1.54, 1.807) is 20.2 Å². The summed E-state index contributed by atoms with van der Waals surface area (Å²) >= 11 is 0. The Morgan fingerprint density at radius 2 is 1.64 bits per heavy atom. The molecular formula is C18H18N2O2. The summed E-state index contributed by atoms with van der Waals surface area (Å²) in [4.78, 5) is 26.9. The number of hydrogen-bond acceptors (Lipinski definition) is 3. The number of nitrogens with zero attached hydrogens (tertiary/aromatic N) is 1. The van der Waals surface area contributed by atoms with Gasteiger partial charge in [0, 0.05) is 25.3 Å². The predicted octanol–water partition coefficient (Wildman–Crippen LogP) is 2.74. The highest BCUT2D eigenvalue weighted by atomic mass is 16.2. The molecule has 0 fully saturated rings. The van der Waals surface area contributed by atoms with Crippen molar-refractivity contribution in [3.63, 3.8) is 0 Å². The summed E-state index contributed by atoms with van der Waals surface area (Å²) in [6.45, 7) is 0. The van der Waals surface area contributed by atoms with Gasteiger partial charge in [0.25, 0.3) is 0 Å². The zero-order chi connectivity index (χ0) is 15.7. The van der Waals surface area contributed by atoms with Crippen LogP contribution >= 0.6 is 0 Å². The Labute approximate surface area is 129 Å². The Morgan fingerprint density at radius 3 is 2.32 bits per heavy atom. The Kier molecular flexibility index (Phi) is 3.67. The molecule has 1 amide bonds. The fraction of sp³-hybridized carbons (Fsp3) is 0.222. The van der Waals surface area contributed by atoms with Crippen LogP contribution in [0.4, 0.5) is 5.69 Å². The highest BCUT2D eigenvalue weighted by molar-refractivity contribution is 6.15. The fourth-order valence-corrected chi connectivity index (χ4v) is 2.86. The average Bonchev–Trinajstić information content (AvgIpc) is 2.55. The number of benzene rings is 2. The van der Waals surface area contributed by atoms with Gasteiger partial charge in [-0.05, 0) is 17.7 Å². The van der Waals surface area contributed by atoms with E-state index in [1.807, 2.05) is 48.5 Å². The van der Waals surface area contributed by atoms with Crippen molar-refractivity contribution in [2.24, 2.45) is 5.92 Å². The minimum absolute atomic E-state index is 0.123. The summed E-state index contributed by atoms with van der Waals surface area (Å²) in [5.74, 6) is -1.05. The van der Waals surface area contributed by atoms with Crippen LogP contribution in [0.25, 0.3) is 0 Å². The second-order valence-electron chi connectivity index (χ2n) is 5.65. The topological polar surface area (TPSA) is 49.4 Å². The van der Waals surface area contributed by atoms with Crippen LogP contribution in [-0.2, 0) is 4.79 Å². The third-order valence-electron chi connectivity index (χ3n) is 3.98. The molecule has 4 heteroatoms. The number of anilines is 1. The van der Waals surface area contributed by atoms with Crippen molar-refractivity contribution in [2.75, 3.05) is 19.4 Å². The van der Waals surface area contributed by atoms with Gasteiger partial charge in [0.1, 0.15) is 5.92 Å². The SMILES string of the molecule is CN(C)C(=O)[C@@H]1C(=O)c2ccccc2N[C@H]1c1ccccc1. The first-order valence-corrected chi connectivity index (χ1v) is 7.25. The Bertz CT molecular complexity index is 710. The Balaban J connectivity index is 2.10. The minimum Gasteiger partial charge on any atom is -0.376 e. The number of hydrogen-bond donors (Lipinski definition) is 1. The maximum Gasteiger partial charge on any atom is 0.235 e. The minimum atomic E-state index is -0.743. The first kappa shape index (κ1) is 14.3. The van der Waals surface area contributed by atoms with Crippen molar-refractivity contribution in [3.05, 3.63) is 65.7 Å². The molecule has 22 heavy (non-hydrogen) atoms. The van der Waals surface area contributed by atoms with E-state index in [0.717, 1.165) is 11.3 Å². The molecule has 0 unspecified atom stereocenters. The number of Topliss-reactive ketones (excluding diaryl/α,β-unsaturated/α-hetero) is 1. The maximum atomic E-state index is 12.9. The summed E-state index contributed by atoms with van der Waals surface area (Å²) in [7, 11) is 3.36. The average molecular weight is 294 g/mol. The Morgan fingerprint density at radius 1 is 1.00 bits per heavy atom. The summed E-state index contributed by atoms with van der Waals surface area (Å²) in [6.07, 6.45) is 0. The van der Waals surface area contributed by atoms with Gasteiger partial charge in [-0.1, -0.05) is 42.5 Å². The smallest absolute Gasteiger partial charge is 0.235 e. The van der Waals surface area contributed by atoms with Crippen LogP contribution < -0.4 is 5.32 Å². The van der Waals surface area contributed by atoms with Crippen LogP contribution in [-0.4, -0.2) is 30.7 Å². The number of amides is 1. The van der Waals surface area contributed by atoms with Gasteiger partial charge in [0.2, 0.25) is 5.91 Å². The molecule has 3 rings (SSSR count). The molecule has 0 aromatic heterocycles. The van der Waals surface area contributed by atoms with Crippen molar-refractivity contribution in [1.29, 1.82) is 0 Å². The number of rotatable bonds is 2. The highest BCUT2D eigenvalue weighted by Gasteiger charge is 2.41. The first-order chi connectivity index (χ1) is 10.6. The number of ketones is 1. The molecule has 0 spiro atoms. The molecule has 0 saturated heterocycles. The lowest BCUT2D eigenvalue weighted by Gasteiger charge is -2.34. The second-order valence-corrected chi connectivity index (χ2v) is 5.65. The van der Waals surface area contributed by atoms with E-state index in [4.69, 9.17) is 0 Å². The number of fused-ring (bicyclic) bond motifs is 1. The largest absolute Gasteiger partial charge is 0.376 e. The van der Waals surface area contributed by atoms with E-state index in [0.29, 0.717) is 5.56 Å². The van der Waals surface area contributed by atoms with Crippen molar-refractivity contribution in [3.8, 4) is 0 Å². The van der Waals surface area contributed by atoms with Gasteiger partial charge < -0.3 is 10.2 Å². The Hall–Kier alpha value is -2.62. The lowest BCUT2D eigenvalue weighted by Crippen LogP contribution is -2.43. The molecule has 4 nitrogen and oxygen atoms in total. The number of carbonyl (C=O) groups is 2. The molecule has 0 radical (unpaired) electrons. The van der Waals surface area contributed by atoms with Gasteiger partial charge in [0.15, 0.2) is 5.78 Å². The van der Waals surface area contributed by atoms with E-state index < -0.39 is 5.92 Å². The van der Waals surface area contributed by atoms with E-state index in [2.05, 4.69) is 5.32 Å². The predicted molar refractivity (Wildman–Crippen MR) is 85.8 cm³/mol.